The predicted octanol–water partition coefficient (Wildman–Crippen LogP) is 6.68. The highest BCUT2D eigenvalue weighted by Crippen LogP contribution is 2.39. The SMILES string of the molecule is CCc1cccc(CC)c1N(COC)C(=O)CCl.Nc1c([N+](=O)[O-])cnn1-c1c(Cl)cc(C(F)(F)F)cc1Cl. The number of carbonyl (C=O) groups is 1. The summed E-state index contributed by atoms with van der Waals surface area (Å²) in [6, 6.07) is 7.38. The zero-order chi connectivity index (χ0) is 29.5. The molecule has 2 aromatic carbocycles. The van der Waals surface area contributed by atoms with Crippen LogP contribution in [0.1, 0.15) is 30.5 Å². The van der Waals surface area contributed by atoms with Crippen LogP contribution >= 0.6 is 34.8 Å². The van der Waals surface area contributed by atoms with Crippen LogP contribution in [0.15, 0.2) is 36.5 Å². The van der Waals surface area contributed by atoms with Gasteiger partial charge in [0.25, 0.3) is 0 Å². The fraction of sp³-hybridized carbons (Fsp3) is 0.333. The van der Waals surface area contributed by atoms with Crippen LogP contribution in [0.25, 0.3) is 5.69 Å². The number of amides is 1. The molecule has 1 aromatic heterocycles. The van der Waals surface area contributed by atoms with Gasteiger partial charge in [0.05, 0.1) is 26.2 Å². The second kappa shape index (κ2) is 13.8. The van der Waals surface area contributed by atoms with Crippen molar-refractivity contribution in [1.29, 1.82) is 0 Å². The fourth-order valence-corrected chi connectivity index (χ4v) is 4.42. The molecule has 1 heterocycles. The van der Waals surface area contributed by atoms with E-state index < -0.39 is 28.2 Å². The average molecular weight is 611 g/mol. The van der Waals surface area contributed by atoms with Gasteiger partial charge in [-0.05, 0) is 36.1 Å². The van der Waals surface area contributed by atoms with Gasteiger partial charge in [-0.25, -0.2) is 4.68 Å². The van der Waals surface area contributed by atoms with Crippen LogP contribution in [0.3, 0.4) is 0 Å². The Morgan fingerprint density at radius 3 is 2.10 bits per heavy atom. The predicted molar refractivity (Wildman–Crippen MR) is 145 cm³/mol. The summed E-state index contributed by atoms with van der Waals surface area (Å²) in [4.78, 5) is 23.5. The summed E-state index contributed by atoms with van der Waals surface area (Å²) < 4.78 is 43.8. The van der Waals surface area contributed by atoms with Crippen LogP contribution in [0.2, 0.25) is 10.0 Å². The van der Waals surface area contributed by atoms with Crippen molar-refractivity contribution in [2.45, 2.75) is 32.9 Å². The number of hydrogen-bond donors (Lipinski definition) is 1. The number of benzene rings is 2. The molecule has 15 heteroatoms. The van der Waals surface area contributed by atoms with Crippen molar-refractivity contribution in [3.8, 4) is 5.69 Å². The van der Waals surface area contributed by atoms with Gasteiger partial charge in [-0.3, -0.25) is 19.8 Å². The van der Waals surface area contributed by atoms with E-state index >= 15 is 0 Å². The molecule has 2 N–H and O–H groups in total. The molecular formula is C24H25Cl3F3N5O4. The monoisotopic (exact) mass is 609 g/mol. The Hall–Kier alpha value is -3.06. The summed E-state index contributed by atoms with van der Waals surface area (Å²) in [6.45, 7) is 4.39. The molecule has 0 unspecified atom stereocenters. The molecule has 0 aliphatic rings. The number of aryl methyl sites for hydroxylation is 2. The third-order valence-electron chi connectivity index (χ3n) is 5.45. The zero-order valence-electron chi connectivity index (χ0n) is 21.1. The maximum absolute atomic E-state index is 12.6. The van der Waals surface area contributed by atoms with Gasteiger partial charge in [0, 0.05) is 7.11 Å². The van der Waals surface area contributed by atoms with Crippen LogP contribution in [-0.4, -0.2) is 40.3 Å². The number of ether oxygens (including phenoxy) is 1. The van der Waals surface area contributed by atoms with Gasteiger partial charge in [0.2, 0.25) is 11.7 Å². The minimum atomic E-state index is -4.63. The number of rotatable bonds is 8. The molecule has 9 nitrogen and oxygen atoms in total. The number of nitro groups is 1. The third-order valence-corrected chi connectivity index (χ3v) is 6.25. The van der Waals surface area contributed by atoms with Gasteiger partial charge >= 0.3 is 11.9 Å². The largest absolute Gasteiger partial charge is 0.416 e. The number of carbonyl (C=O) groups excluding carboxylic acids is 1. The Morgan fingerprint density at radius 2 is 1.72 bits per heavy atom. The molecule has 3 rings (SSSR count). The van der Waals surface area contributed by atoms with Crippen LogP contribution in [0.5, 0.6) is 0 Å². The summed E-state index contributed by atoms with van der Waals surface area (Å²) in [6.07, 6.45) is -2.04. The van der Waals surface area contributed by atoms with Crippen molar-refractivity contribution in [2.24, 2.45) is 0 Å². The van der Waals surface area contributed by atoms with E-state index in [2.05, 4.69) is 18.9 Å². The first-order valence-electron chi connectivity index (χ1n) is 11.3. The quantitative estimate of drug-likeness (QED) is 0.132. The van der Waals surface area contributed by atoms with Crippen molar-refractivity contribution < 1.29 is 27.6 Å². The van der Waals surface area contributed by atoms with Crippen LogP contribution in [0, 0.1) is 10.1 Å². The number of anilines is 2. The molecule has 0 saturated heterocycles. The van der Waals surface area contributed by atoms with E-state index in [1.807, 2.05) is 18.2 Å². The first-order valence-corrected chi connectivity index (χ1v) is 12.6. The van der Waals surface area contributed by atoms with Crippen molar-refractivity contribution in [2.75, 3.05) is 30.4 Å². The van der Waals surface area contributed by atoms with E-state index in [9.17, 15) is 28.1 Å². The van der Waals surface area contributed by atoms with E-state index in [4.69, 9.17) is 45.3 Å². The molecule has 1 amide bonds. The first-order chi connectivity index (χ1) is 18.3. The lowest BCUT2D eigenvalue weighted by Gasteiger charge is -2.26. The molecule has 3 aromatic rings. The number of halogens is 6. The van der Waals surface area contributed by atoms with Crippen LogP contribution in [-0.2, 0) is 28.5 Å². The second-order valence-electron chi connectivity index (χ2n) is 7.88. The van der Waals surface area contributed by atoms with E-state index in [1.165, 1.54) is 0 Å². The lowest BCUT2D eigenvalue weighted by molar-refractivity contribution is -0.383. The fourth-order valence-electron chi connectivity index (χ4n) is 3.62. The number of nitrogens with zero attached hydrogens (tertiary/aromatic N) is 4. The minimum absolute atomic E-state index is 0.0371. The third kappa shape index (κ3) is 7.53. The number of nitrogens with two attached hydrogens (primary N) is 1. The highest BCUT2D eigenvalue weighted by Gasteiger charge is 2.33. The topological polar surface area (TPSA) is 117 Å². The smallest absolute Gasteiger partial charge is 0.378 e. The van der Waals surface area contributed by atoms with Crippen molar-refractivity contribution in [3.63, 3.8) is 0 Å². The van der Waals surface area contributed by atoms with Crippen molar-refractivity contribution in [3.05, 3.63) is 73.4 Å². The standard InChI is InChI=1S/C14H20ClNO2.C10H5Cl2F3N4O2/c1-4-11-7-6-8-12(5-2)14(11)16(10-18-3)13(17)9-15;11-5-1-4(10(13,14)15)2-6(12)8(5)18-9(16)7(3-17-18)19(20)21/h6-8H,4-5,9-10H2,1-3H3;1-3H,16H2. The molecule has 0 spiro atoms. The van der Waals surface area contributed by atoms with Crippen molar-refractivity contribution >= 4 is 57.9 Å². The second-order valence-corrected chi connectivity index (χ2v) is 8.96. The molecule has 0 fully saturated rings. The molecule has 0 radical (unpaired) electrons. The first kappa shape index (κ1) is 32.2. The average Bonchev–Trinajstić information content (AvgIpc) is 3.26. The molecule has 0 bridgehead atoms. The number of alkyl halides is 4. The number of aromatic nitrogens is 2. The molecular weight excluding hydrogens is 586 g/mol. The Bertz CT molecular complexity index is 1290. The van der Waals surface area contributed by atoms with Gasteiger partial charge in [-0.2, -0.15) is 18.3 Å². The molecule has 0 aliphatic carbocycles. The lowest BCUT2D eigenvalue weighted by atomic mass is 10.0. The summed E-state index contributed by atoms with van der Waals surface area (Å²) >= 11 is 17.2. The number of methoxy groups -OCH3 is 1. The van der Waals surface area contributed by atoms with E-state index in [0.29, 0.717) is 12.1 Å². The summed E-state index contributed by atoms with van der Waals surface area (Å²) in [7, 11) is 1.58. The Kier molecular flexibility index (Phi) is 11.4. The van der Waals surface area contributed by atoms with Crippen LogP contribution in [0.4, 0.5) is 30.4 Å². The van der Waals surface area contributed by atoms with Gasteiger partial charge in [-0.15, -0.1) is 11.6 Å². The van der Waals surface area contributed by atoms with Gasteiger partial charge in [0.1, 0.15) is 24.5 Å². The normalized spacial score (nSPS) is 11.1. The molecule has 39 heavy (non-hydrogen) atoms. The maximum atomic E-state index is 12.6. The Balaban J connectivity index is 0.000000277. The molecule has 0 aliphatic heterocycles. The summed E-state index contributed by atoms with van der Waals surface area (Å²) in [5.74, 6) is -0.567. The Morgan fingerprint density at radius 1 is 1.18 bits per heavy atom. The zero-order valence-corrected chi connectivity index (χ0v) is 23.3. The van der Waals surface area contributed by atoms with Gasteiger partial charge in [-0.1, -0.05) is 55.2 Å². The number of nitrogen functional groups attached to an aromatic ring is 1. The Labute approximate surface area is 237 Å². The highest BCUT2D eigenvalue weighted by atomic mass is 35.5. The highest BCUT2D eigenvalue weighted by molar-refractivity contribution is 6.38. The van der Waals surface area contributed by atoms with E-state index in [1.54, 1.807) is 12.0 Å². The van der Waals surface area contributed by atoms with E-state index in [0.717, 1.165) is 40.5 Å². The van der Waals surface area contributed by atoms with Crippen molar-refractivity contribution in [1.82, 2.24) is 9.78 Å². The summed E-state index contributed by atoms with van der Waals surface area (Å²) in [5.41, 5.74) is 7.02. The maximum Gasteiger partial charge on any atom is 0.416 e. The minimum Gasteiger partial charge on any atom is -0.378 e. The summed E-state index contributed by atoms with van der Waals surface area (Å²) in [5, 5.41) is 13.5. The lowest BCUT2D eigenvalue weighted by Crippen LogP contribution is -2.35. The number of hydrogen-bond acceptors (Lipinski definition) is 6. The van der Waals surface area contributed by atoms with Gasteiger partial charge in [0.15, 0.2) is 0 Å². The number of para-hydroxylation sites is 1. The molecule has 212 valence electrons. The van der Waals surface area contributed by atoms with E-state index in [-0.39, 0.29) is 34.3 Å². The van der Waals surface area contributed by atoms with Crippen LogP contribution < -0.4 is 10.6 Å². The molecule has 0 atom stereocenters. The van der Waals surface area contributed by atoms with Gasteiger partial charge < -0.3 is 10.5 Å². The molecule has 0 saturated carbocycles.